The number of hydrogen-bond donors (Lipinski definition) is 0. The fraction of sp³-hybridized carbons (Fsp3) is 0.591. The van der Waals surface area contributed by atoms with Gasteiger partial charge in [-0.05, 0) is 57.6 Å². The lowest BCUT2D eigenvalue weighted by atomic mass is 9.94. The van der Waals surface area contributed by atoms with E-state index in [1.165, 1.54) is 16.6 Å². The lowest BCUT2D eigenvalue weighted by molar-refractivity contribution is 0.0196. The summed E-state index contributed by atoms with van der Waals surface area (Å²) in [5, 5.41) is 1.26. The van der Waals surface area contributed by atoms with Crippen molar-refractivity contribution in [3.8, 4) is 0 Å². The first-order chi connectivity index (χ1) is 12.9. The van der Waals surface area contributed by atoms with Crippen molar-refractivity contribution in [2.45, 2.75) is 58.1 Å². The number of carbonyl (C=O) groups is 1. The second-order valence-corrected chi connectivity index (χ2v) is 8.39. The normalized spacial score (nSPS) is 18.1. The molecule has 1 aromatic heterocycles. The van der Waals surface area contributed by atoms with Crippen LogP contribution in [0.15, 0.2) is 30.3 Å². The molecule has 2 heterocycles. The number of ether oxygens (including phenoxy) is 2. The Balaban J connectivity index is 1.83. The van der Waals surface area contributed by atoms with Gasteiger partial charge in [-0.1, -0.05) is 18.2 Å². The van der Waals surface area contributed by atoms with Crippen molar-refractivity contribution in [3.63, 3.8) is 0 Å². The fourth-order valence-electron chi connectivity index (χ4n) is 3.90. The van der Waals surface area contributed by atoms with Crippen LogP contribution in [0.2, 0.25) is 0 Å². The molecular weight excluding hydrogens is 340 g/mol. The Morgan fingerprint density at radius 2 is 2.04 bits per heavy atom. The molecule has 2 aromatic rings. The summed E-state index contributed by atoms with van der Waals surface area (Å²) in [5.41, 5.74) is 2.12. The molecule has 1 atom stereocenters. The van der Waals surface area contributed by atoms with E-state index in [4.69, 9.17) is 9.47 Å². The molecule has 0 N–H and O–H groups in total. The quantitative estimate of drug-likeness (QED) is 0.709. The van der Waals surface area contributed by atoms with Gasteiger partial charge >= 0.3 is 6.09 Å². The maximum absolute atomic E-state index is 12.5. The number of methoxy groups -OCH3 is 1. The zero-order chi connectivity index (χ0) is 19.4. The molecule has 1 fully saturated rings. The van der Waals surface area contributed by atoms with Crippen molar-refractivity contribution in [2.24, 2.45) is 0 Å². The average molecular weight is 373 g/mol. The Morgan fingerprint density at radius 3 is 2.78 bits per heavy atom. The number of benzene rings is 1. The lowest BCUT2D eigenvalue weighted by Gasteiger charge is -2.34. The van der Waals surface area contributed by atoms with E-state index in [0.29, 0.717) is 5.92 Å². The van der Waals surface area contributed by atoms with Gasteiger partial charge in [0.05, 0.1) is 0 Å². The van der Waals surface area contributed by atoms with Crippen LogP contribution in [0.4, 0.5) is 4.79 Å². The number of carbonyl (C=O) groups excluding carboxylic acids is 1. The van der Waals surface area contributed by atoms with E-state index in [-0.39, 0.29) is 6.09 Å². The fourth-order valence-corrected chi connectivity index (χ4v) is 3.90. The topological polar surface area (TPSA) is 43.7 Å². The number of nitrogens with zero attached hydrogens (tertiary/aromatic N) is 2. The molecule has 1 aromatic carbocycles. The highest BCUT2D eigenvalue weighted by Crippen LogP contribution is 2.32. The minimum absolute atomic E-state index is 0.200. The van der Waals surface area contributed by atoms with Gasteiger partial charge in [0.1, 0.15) is 5.60 Å². The molecule has 1 aliphatic heterocycles. The van der Waals surface area contributed by atoms with Crippen molar-refractivity contribution in [1.29, 1.82) is 0 Å². The Bertz CT molecular complexity index is 775. The molecule has 0 spiro atoms. The van der Waals surface area contributed by atoms with E-state index in [9.17, 15) is 4.79 Å². The molecular formula is C22H32N2O3. The Morgan fingerprint density at radius 1 is 1.26 bits per heavy atom. The van der Waals surface area contributed by atoms with Crippen molar-refractivity contribution in [1.82, 2.24) is 9.47 Å². The van der Waals surface area contributed by atoms with E-state index in [2.05, 4.69) is 34.9 Å². The first-order valence-electron chi connectivity index (χ1n) is 9.94. The van der Waals surface area contributed by atoms with E-state index < -0.39 is 5.60 Å². The molecule has 148 valence electrons. The highest BCUT2D eigenvalue weighted by molar-refractivity contribution is 5.81. The van der Waals surface area contributed by atoms with Gasteiger partial charge in [-0.15, -0.1) is 0 Å². The van der Waals surface area contributed by atoms with Gasteiger partial charge in [0.25, 0.3) is 0 Å². The molecule has 0 radical (unpaired) electrons. The molecule has 1 amide bonds. The largest absolute Gasteiger partial charge is 0.444 e. The number of hydrogen-bond acceptors (Lipinski definition) is 3. The van der Waals surface area contributed by atoms with Gasteiger partial charge in [0.2, 0.25) is 0 Å². The summed E-state index contributed by atoms with van der Waals surface area (Å²) >= 11 is 0. The molecule has 5 heteroatoms. The average Bonchev–Trinajstić information content (AvgIpc) is 2.99. The van der Waals surface area contributed by atoms with Crippen LogP contribution in [0.25, 0.3) is 10.9 Å². The van der Waals surface area contributed by atoms with Crippen LogP contribution >= 0.6 is 0 Å². The van der Waals surface area contributed by atoms with Crippen molar-refractivity contribution in [3.05, 3.63) is 36.0 Å². The standard InChI is InChI=1S/C22H32N2O3/c1-22(2,3)27-21(25)23-12-7-10-18(16-23)20-15-17-9-5-6-11-19(17)24(20)13-8-14-26-4/h5-6,9,11,15,18H,7-8,10,12-14,16H2,1-4H3. The minimum atomic E-state index is -0.459. The summed E-state index contributed by atoms with van der Waals surface area (Å²) in [7, 11) is 1.74. The summed E-state index contributed by atoms with van der Waals surface area (Å²) in [6.07, 6.45) is 2.88. The van der Waals surface area contributed by atoms with Crippen LogP contribution in [0.5, 0.6) is 0 Å². The lowest BCUT2D eigenvalue weighted by Crippen LogP contribution is -2.42. The van der Waals surface area contributed by atoms with Gasteiger partial charge < -0.3 is 18.9 Å². The summed E-state index contributed by atoms with van der Waals surface area (Å²) in [6.45, 7) is 8.92. The van der Waals surface area contributed by atoms with Crippen LogP contribution in [0.1, 0.15) is 51.6 Å². The molecule has 0 bridgehead atoms. The van der Waals surface area contributed by atoms with E-state index in [0.717, 1.165) is 45.5 Å². The number of para-hydroxylation sites is 1. The molecule has 3 rings (SSSR count). The highest BCUT2D eigenvalue weighted by atomic mass is 16.6. The maximum atomic E-state index is 12.5. The smallest absolute Gasteiger partial charge is 0.410 e. The number of amides is 1. The summed E-state index contributed by atoms with van der Waals surface area (Å²) < 4.78 is 13.3. The summed E-state index contributed by atoms with van der Waals surface area (Å²) in [6, 6.07) is 10.8. The van der Waals surface area contributed by atoms with E-state index in [1.807, 2.05) is 25.7 Å². The van der Waals surface area contributed by atoms with Crippen LogP contribution in [0.3, 0.4) is 0 Å². The van der Waals surface area contributed by atoms with Gasteiger partial charge in [0, 0.05) is 50.5 Å². The van der Waals surface area contributed by atoms with Crippen LogP contribution < -0.4 is 0 Å². The predicted octanol–water partition coefficient (Wildman–Crippen LogP) is 4.79. The van der Waals surface area contributed by atoms with Gasteiger partial charge in [-0.3, -0.25) is 0 Å². The van der Waals surface area contributed by atoms with Crippen LogP contribution in [-0.2, 0) is 16.0 Å². The molecule has 0 aliphatic carbocycles. The molecule has 0 saturated carbocycles. The first kappa shape index (κ1) is 19.7. The van der Waals surface area contributed by atoms with Crippen molar-refractivity contribution in [2.75, 3.05) is 26.8 Å². The van der Waals surface area contributed by atoms with Crippen LogP contribution in [0, 0.1) is 0 Å². The van der Waals surface area contributed by atoms with Crippen LogP contribution in [-0.4, -0.2) is 48.0 Å². The number of aryl methyl sites for hydroxylation is 1. The summed E-state index contributed by atoms with van der Waals surface area (Å²) in [4.78, 5) is 14.4. The molecule has 1 unspecified atom stereocenters. The molecule has 5 nitrogen and oxygen atoms in total. The third kappa shape index (κ3) is 4.83. The second-order valence-electron chi connectivity index (χ2n) is 8.39. The number of rotatable bonds is 5. The van der Waals surface area contributed by atoms with E-state index in [1.54, 1.807) is 7.11 Å². The Labute approximate surface area is 162 Å². The monoisotopic (exact) mass is 372 g/mol. The van der Waals surface area contributed by atoms with Gasteiger partial charge in [0.15, 0.2) is 0 Å². The number of fused-ring (bicyclic) bond motifs is 1. The minimum Gasteiger partial charge on any atom is -0.444 e. The number of piperidine rings is 1. The Hall–Kier alpha value is -2.01. The van der Waals surface area contributed by atoms with E-state index >= 15 is 0 Å². The zero-order valence-electron chi connectivity index (χ0n) is 17.0. The van der Waals surface area contributed by atoms with Crippen molar-refractivity contribution < 1.29 is 14.3 Å². The SMILES string of the molecule is COCCCn1c(C2CCCN(C(=O)OC(C)(C)C)C2)cc2ccccc21. The number of likely N-dealkylation sites (tertiary alicyclic amines) is 1. The molecule has 27 heavy (non-hydrogen) atoms. The van der Waals surface area contributed by atoms with Gasteiger partial charge in [-0.25, -0.2) is 4.79 Å². The third-order valence-corrected chi connectivity index (χ3v) is 5.06. The zero-order valence-corrected chi connectivity index (χ0v) is 17.0. The maximum Gasteiger partial charge on any atom is 0.410 e. The molecule has 1 saturated heterocycles. The number of aromatic nitrogens is 1. The first-order valence-corrected chi connectivity index (χ1v) is 9.94. The molecule has 1 aliphatic rings. The highest BCUT2D eigenvalue weighted by Gasteiger charge is 2.30. The third-order valence-electron chi connectivity index (χ3n) is 5.06. The van der Waals surface area contributed by atoms with Crippen molar-refractivity contribution >= 4 is 17.0 Å². The second kappa shape index (κ2) is 8.34. The Kier molecular flexibility index (Phi) is 6.10. The predicted molar refractivity (Wildman–Crippen MR) is 108 cm³/mol. The van der Waals surface area contributed by atoms with Gasteiger partial charge in [-0.2, -0.15) is 0 Å². The summed E-state index contributed by atoms with van der Waals surface area (Å²) in [5.74, 6) is 0.334.